The summed E-state index contributed by atoms with van der Waals surface area (Å²) in [4.78, 5) is 1.36. The van der Waals surface area contributed by atoms with E-state index in [0.717, 1.165) is 6.54 Å². The van der Waals surface area contributed by atoms with Gasteiger partial charge in [0, 0.05) is 41.4 Å². The smallest absolute Gasteiger partial charge is 0.0400 e. The molecule has 2 rings (SSSR count). The number of aryl methyl sites for hydroxylation is 1. The number of thiophene rings is 1. The Labute approximate surface area is 108 Å². The van der Waals surface area contributed by atoms with Gasteiger partial charge in [0.05, 0.1) is 0 Å². The monoisotopic (exact) mass is 298 g/mol. The predicted octanol–water partition coefficient (Wildman–Crippen LogP) is 3.70. The van der Waals surface area contributed by atoms with Crippen LogP contribution in [0, 0.1) is 0 Å². The highest BCUT2D eigenvalue weighted by molar-refractivity contribution is 9.10. The maximum absolute atomic E-state index is 3.56. The molecular formula is C12H15BrN2S. The lowest BCUT2D eigenvalue weighted by atomic mass is 10.2. The van der Waals surface area contributed by atoms with Crippen LogP contribution >= 0.6 is 27.3 Å². The number of hydrogen-bond acceptors (Lipinski definition) is 2. The van der Waals surface area contributed by atoms with Gasteiger partial charge in [0.15, 0.2) is 0 Å². The first-order valence-electron chi connectivity index (χ1n) is 5.24. The Morgan fingerprint density at radius 2 is 2.31 bits per heavy atom. The Bertz CT molecular complexity index is 461. The van der Waals surface area contributed by atoms with Crippen molar-refractivity contribution in [1.29, 1.82) is 0 Å². The third-order valence-corrected chi connectivity index (χ3v) is 4.60. The van der Waals surface area contributed by atoms with Gasteiger partial charge in [-0.1, -0.05) is 0 Å². The predicted molar refractivity (Wildman–Crippen MR) is 72.7 cm³/mol. The van der Waals surface area contributed by atoms with Crippen molar-refractivity contribution in [3.8, 4) is 0 Å². The Balaban J connectivity index is 1.93. The van der Waals surface area contributed by atoms with Gasteiger partial charge in [-0.3, -0.25) is 0 Å². The van der Waals surface area contributed by atoms with Crippen LogP contribution in [0.4, 0.5) is 0 Å². The minimum atomic E-state index is 0.384. The number of rotatable bonds is 4. The highest BCUT2D eigenvalue weighted by Gasteiger charge is 2.10. The summed E-state index contributed by atoms with van der Waals surface area (Å²) in [7, 11) is 2.04. The van der Waals surface area contributed by atoms with Crippen LogP contribution in [0.3, 0.4) is 0 Å². The summed E-state index contributed by atoms with van der Waals surface area (Å²) >= 11 is 5.35. The molecule has 0 bridgehead atoms. The van der Waals surface area contributed by atoms with Crippen molar-refractivity contribution >= 4 is 27.3 Å². The van der Waals surface area contributed by atoms with Crippen molar-refractivity contribution in [2.24, 2.45) is 7.05 Å². The first-order valence-corrected chi connectivity index (χ1v) is 6.91. The SMILES string of the molecule is CC(NCc1ccn(C)c1)c1sccc1Br. The molecule has 0 amide bonds. The van der Waals surface area contributed by atoms with Gasteiger partial charge < -0.3 is 9.88 Å². The minimum absolute atomic E-state index is 0.384. The zero-order valence-electron chi connectivity index (χ0n) is 9.40. The molecule has 0 aliphatic heterocycles. The summed E-state index contributed by atoms with van der Waals surface area (Å²) in [6.07, 6.45) is 4.21. The lowest BCUT2D eigenvalue weighted by Crippen LogP contribution is -2.17. The largest absolute Gasteiger partial charge is 0.357 e. The number of halogens is 1. The summed E-state index contributed by atoms with van der Waals surface area (Å²) in [6, 6.07) is 4.62. The van der Waals surface area contributed by atoms with Crippen molar-refractivity contribution in [3.05, 3.63) is 44.8 Å². The third-order valence-electron chi connectivity index (χ3n) is 2.54. The molecule has 0 saturated carbocycles. The van der Waals surface area contributed by atoms with Crippen LogP contribution < -0.4 is 5.32 Å². The van der Waals surface area contributed by atoms with Gasteiger partial charge in [-0.15, -0.1) is 11.3 Å². The van der Waals surface area contributed by atoms with Gasteiger partial charge in [-0.05, 0) is 45.9 Å². The lowest BCUT2D eigenvalue weighted by molar-refractivity contribution is 0.581. The van der Waals surface area contributed by atoms with Crippen LogP contribution in [0.2, 0.25) is 0 Å². The quantitative estimate of drug-likeness (QED) is 0.911. The van der Waals surface area contributed by atoms with Gasteiger partial charge in [0.1, 0.15) is 0 Å². The van der Waals surface area contributed by atoms with E-state index >= 15 is 0 Å². The molecule has 0 saturated heterocycles. The Kier molecular flexibility index (Phi) is 3.84. The van der Waals surface area contributed by atoms with Crippen molar-refractivity contribution < 1.29 is 0 Å². The number of nitrogens with zero attached hydrogens (tertiary/aromatic N) is 1. The second-order valence-electron chi connectivity index (χ2n) is 3.92. The van der Waals surface area contributed by atoms with Crippen LogP contribution in [0.15, 0.2) is 34.4 Å². The minimum Gasteiger partial charge on any atom is -0.357 e. The first-order chi connectivity index (χ1) is 7.66. The molecule has 0 fully saturated rings. The van der Waals surface area contributed by atoms with Crippen molar-refractivity contribution in [1.82, 2.24) is 9.88 Å². The Morgan fingerprint density at radius 1 is 1.50 bits per heavy atom. The van der Waals surface area contributed by atoms with Crippen molar-refractivity contribution in [2.75, 3.05) is 0 Å². The maximum Gasteiger partial charge on any atom is 0.0400 e. The number of hydrogen-bond donors (Lipinski definition) is 1. The van der Waals surface area contributed by atoms with Crippen LogP contribution in [-0.2, 0) is 13.6 Å². The van der Waals surface area contributed by atoms with Gasteiger partial charge in [-0.25, -0.2) is 0 Å². The van der Waals surface area contributed by atoms with Gasteiger partial charge in [0.2, 0.25) is 0 Å². The molecule has 4 heteroatoms. The normalized spacial score (nSPS) is 12.9. The van der Waals surface area contributed by atoms with Crippen molar-refractivity contribution in [3.63, 3.8) is 0 Å². The van der Waals surface area contributed by atoms with E-state index in [0.29, 0.717) is 6.04 Å². The molecule has 1 atom stereocenters. The van der Waals surface area contributed by atoms with Gasteiger partial charge in [-0.2, -0.15) is 0 Å². The highest BCUT2D eigenvalue weighted by atomic mass is 79.9. The standard InChI is InChI=1S/C12H15BrN2S/c1-9(12-11(13)4-6-16-12)14-7-10-3-5-15(2)8-10/h3-6,8-9,14H,7H2,1-2H3. The van der Waals surface area contributed by atoms with Gasteiger partial charge in [0.25, 0.3) is 0 Å². The molecule has 16 heavy (non-hydrogen) atoms. The topological polar surface area (TPSA) is 17.0 Å². The van der Waals surface area contributed by atoms with Gasteiger partial charge >= 0.3 is 0 Å². The molecule has 0 aliphatic rings. The van der Waals surface area contributed by atoms with E-state index in [1.54, 1.807) is 11.3 Å². The second-order valence-corrected chi connectivity index (χ2v) is 5.72. The molecule has 1 N–H and O–H groups in total. The zero-order valence-corrected chi connectivity index (χ0v) is 11.8. The first kappa shape index (κ1) is 11.9. The average Bonchev–Trinajstić information content (AvgIpc) is 2.84. The third kappa shape index (κ3) is 2.75. The van der Waals surface area contributed by atoms with E-state index in [9.17, 15) is 0 Å². The lowest BCUT2D eigenvalue weighted by Gasteiger charge is -2.12. The van der Waals surface area contributed by atoms with E-state index in [1.807, 2.05) is 7.05 Å². The van der Waals surface area contributed by atoms with Crippen LogP contribution in [0.1, 0.15) is 23.4 Å². The molecule has 0 spiro atoms. The Hall–Kier alpha value is -0.580. The highest BCUT2D eigenvalue weighted by Crippen LogP contribution is 2.28. The molecule has 2 aromatic rings. The summed E-state index contributed by atoms with van der Waals surface area (Å²) in [5, 5.41) is 5.63. The van der Waals surface area contributed by atoms with Crippen LogP contribution in [0.25, 0.3) is 0 Å². The van der Waals surface area contributed by atoms with E-state index in [-0.39, 0.29) is 0 Å². The summed E-state index contributed by atoms with van der Waals surface area (Å²) in [5.41, 5.74) is 1.32. The van der Waals surface area contributed by atoms with Crippen LogP contribution in [-0.4, -0.2) is 4.57 Å². The molecule has 0 aliphatic carbocycles. The van der Waals surface area contributed by atoms with E-state index in [1.165, 1.54) is 14.9 Å². The molecule has 1 unspecified atom stereocenters. The molecule has 0 aromatic carbocycles. The Morgan fingerprint density at radius 3 is 2.88 bits per heavy atom. The molecule has 0 radical (unpaired) electrons. The summed E-state index contributed by atoms with van der Waals surface area (Å²) in [5.74, 6) is 0. The van der Waals surface area contributed by atoms with E-state index in [2.05, 4.69) is 62.6 Å². The summed E-state index contributed by atoms with van der Waals surface area (Å²) in [6.45, 7) is 3.10. The average molecular weight is 299 g/mol. The number of aromatic nitrogens is 1. The van der Waals surface area contributed by atoms with Crippen molar-refractivity contribution in [2.45, 2.75) is 19.5 Å². The molecule has 2 heterocycles. The fraction of sp³-hybridized carbons (Fsp3) is 0.333. The molecule has 86 valence electrons. The molecule has 2 aromatic heterocycles. The fourth-order valence-electron chi connectivity index (χ4n) is 1.64. The van der Waals surface area contributed by atoms with E-state index < -0.39 is 0 Å². The fourth-order valence-corrected chi connectivity index (χ4v) is 3.39. The molecular weight excluding hydrogens is 284 g/mol. The molecule has 2 nitrogen and oxygen atoms in total. The zero-order chi connectivity index (χ0) is 11.5. The maximum atomic E-state index is 3.56. The van der Waals surface area contributed by atoms with E-state index in [4.69, 9.17) is 0 Å². The second kappa shape index (κ2) is 5.17. The number of nitrogens with one attached hydrogen (secondary N) is 1. The van der Waals surface area contributed by atoms with Crippen LogP contribution in [0.5, 0.6) is 0 Å². The summed E-state index contributed by atoms with van der Waals surface area (Å²) < 4.78 is 3.27.